The average molecular weight is 443 g/mol. The van der Waals surface area contributed by atoms with E-state index < -0.39 is 10.0 Å². The number of benzene rings is 1. The van der Waals surface area contributed by atoms with E-state index in [9.17, 15) is 13.2 Å². The molecular formula is C17H19BrN2O3S2. The zero-order chi connectivity index (χ0) is 17.9. The number of halogens is 1. The Balaban J connectivity index is 1.56. The minimum absolute atomic E-state index is 0.00866. The third-order valence-electron chi connectivity index (χ3n) is 3.98. The van der Waals surface area contributed by atoms with E-state index in [4.69, 9.17) is 0 Å². The molecule has 1 aromatic heterocycles. The average Bonchev–Trinajstić information content (AvgIpc) is 3.28. The second-order valence-corrected chi connectivity index (χ2v) is 9.45. The second-order valence-electron chi connectivity index (χ2n) is 5.99. The second kappa shape index (κ2) is 7.99. The smallest absolute Gasteiger partial charge is 0.240 e. The monoisotopic (exact) mass is 442 g/mol. The molecule has 8 heteroatoms. The number of carbonyl (C=O) groups excluding carboxylic acids is 1. The highest BCUT2D eigenvalue weighted by molar-refractivity contribution is 9.10. The summed E-state index contributed by atoms with van der Waals surface area (Å²) in [6, 6.07) is 8.82. The first-order valence-corrected chi connectivity index (χ1v) is 11.2. The van der Waals surface area contributed by atoms with E-state index in [-0.39, 0.29) is 23.8 Å². The molecule has 1 fully saturated rings. The van der Waals surface area contributed by atoms with Crippen LogP contribution in [-0.2, 0) is 21.4 Å². The number of carbonyl (C=O) groups is 1. The number of thiophene rings is 1. The first-order valence-electron chi connectivity index (χ1n) is 8.01. The maximum atomic E-state index is 12.5. The summed E-state index contributed by atoms with van der Waals surface area (Å²) in [5.41, 5.74) is 1.12. The van der Waals surface area contributed by atoms with Crippen LogP contribution in [0, 0.1) is 0 Å². The molecule has 1 amide bonds. The van der Waals surface area contributed by atoms with Crippen molar-refractivity contribution in [2.45, 2.75) is 36.7 Å². The molecular weight excluding hydrogens is 424 g/mol. The van der Waals surface area contributed by atoms with E-state index in [1.165, 1.54) is 12.1 Å². The van der Waals surface area contributed by atoms with E-state index >= 15 is 0 Å². The van der Waals surface area contributed by atoms with Gasteiger partial charge in [-0.25, -0.2) is 13.1 Å². The van der Waals surface area contributed by atoms with E-state index in [0.717, 1.165) is 18.4 Å². The summed E-state index contributed by atoms with van der Waals surface area (Å²) in [7, 11) is -3.61. The van der Waals surface area contributed by atoms with E-state index in [1.54, 1.807) is 23.5 Å². The lowest BCUT2D eigenvalue weighted by atomic mass is 10.2. The number of nitrogens with one attached hydrogen (secondary N) is 1. The van der Waals surface area contributed by atoms with Gasteiger partial charge in [0.1, 0.15) is 0 Å². The molecule has 0 atom stereocenters. The normalized spacial score (nSPS) is 14.4. The van der Waals surface area contributed by atoms with Crippen LogP contribution in [0.5, 0.6) is 0 Å². The van der Waals surface area contributed by atoms with Gasteiger partial charge in [-0.05, 0) is 53.4 Å². The molecule has 1 aliphatic carbocycles. The molecule has 134 valence electrons. The highest BCUT2D eigenvalue weighted by atomic mass is 79.9. The molecule has 0 unspecified atom stereocenters. The molecule has 1 saturated carbocycles. The van der Waals surface area contributed by atoms with Gasteiger partial charge in [0, 0.05) is 30.0 Å². The SMILES string of the molecule is O=C(CCNS(=O)(=O)c1cccc(Br)c1)N(Cc1ccsc1)C1CC1. The summed E-state index contributed by atoms with van der Waals surface area (Å²) in [6.45, 7) is 0.700. The predicted octanol–water partition coefficient (Wildman–Crippen LogP) is 3.37. The van der Waals surface area contributed by atoms with Gasteiger partial charge in [-0.2, -0.15) is 11.3 Å². The predicted molar refractivity (Wildman–Crippen MR) is 102 cm³/mol. The van der Waals surface area contributed by atoms with Crippen molar-refractivity contribution < 1.29 is 13.2 Å². The fourth-order valence-electron chi connectivity index (χ4n) is 2.54. The van der Waals surface area contributed by atoms with Crippen molar-refractivity contribution in [2.75, 3.05) is 6.54 Å². The largest absolute Gasteiger partial charge is 0.335 e. The summed E-state index contributed by atoms with van der Waals surface area (Å²) < 4.78 is 27.8. The summed E-state index contributed by atoms with van der Waals surface area (Å²) in [5, 5.41) is 4.04. The van der Waals surface area contributed by atoms with Crippen molar-refractivity contribution in [3.63, 3.8) is 0 Å². The highest BCUT2D eigenvalue weighted by Crippen LogP contribution is 2.29. The summed E-state index contributed by atoms with van der Waals surface area (Å²) >= 11 is 4.88. The fraction of sp³-hybridized carbons (Fsp3) is 0.353. The van der Waals surface area contributed by atoms with Gasteiger partial charge in [0.15, 0.2) is 0 Å². The van der Waals surface area contributed by atoms with E-state index in [1.807, 2.05) is 21.7 Å². The van der Waals surface area contributed by atoms with Gasteiger partial charge in [-0.1, -0.05) is 22.0 Å². The number of hydrogen-bond donors (Lipinski definition) is 1. The minimum atomic E-state index is -3.61. The van der Waals surface area contributed by atoms with Crippen LogP contribution in [0.15, 0.2) is 50.5 Å². The maximum absolute atomic E-state index is 12.5. The fourth-order valence-corrected chi connectivity index (χ4v) is 4.83. The minimum Gasteiger partial charge on any atom is -0.335 e. The van der Waals surface area contributed by atoms with Crippen molar-refractivity contribution >= 4 is 43.2 Å². The van der Waals surface area contributed by atoms with Crippen LogP contribution in [-0.4, -0.2) is 31.8 Å². The Kier molecular flexibility index (Phi) is 5.93. The Morgan fingerprint density at radius 1 is 1.32 bits per heavy atom. The number of rotatable bonds is 8. The molecule has 2 aromatic rings. The van der Waals surface area contributed by atoms with Crippen LogP contribution in [0.2, 0.25) is 0 Å². The summed E-state index contributed by atoms with van der Waals surface area (Å²) in [5.74, 6) is -0.00866. The Morgan fingerprint density at radius 2 is 2.12 bits per heavy atom. The molecule has 25 heavy (non-hydrogen) atoms. The summed E-state index contributed by atoms with van der Waals surface area (Å²) in [4.78, 5) is 14.6. The summed E-state index contributed by atoms with van der Waals surface area (Å²) in [6.07, 6.45) is 2.22. The van der Waals surface area contributed by atoms with Gasteiger partial charge in [0.2, 0.25) is 15.9 Å². The van der Waals surface area contributed by atoms with Crippen LogP contribution in [0.4, 0.5) is 0 Å². The molecule has 0 radical (unpaired) electrons. The lowest BCUT2D eigenvalue weighted by molar-refractivity contribution is -0.132. The van der Waals surface area contributed by atoms with Crippen LogP contribution in [0.1, 0.15) is 24.8 Å². The first kappa shape index (κ1) is 18.6. The van der Waals surface area contributed by atoms with Crippen molar-refractivity contribution in [1.82, 2.24) is 9.62 Å². The molecule has 0 aliphatic heterocycles. The molecule has 0 saturated heterocycles. The third-order valence-corrected chi connectivity index (χ3v) is 6.66. The Hall–Kier alpha value is -1.22. The number of nitrogens with zero attached hydrogens (tertiary/aromatic N) is 1. The van der Waals surface area contributed by atoms with Crippen molar-refractivity contribution in [3.8, 4) is 0 Å². The molecule has 1 heterocycles. The molecule has 1 aliphatic rings. The van der Waals surface area contributed by atoms with Crippen LogP contribution >= 0.6 is 27.3 Å². The topological polar surface area (TPSA) is 66.5 Å². The van der Waals surface area contributed by atoms with Gasteiger partial charge < -0.3 is 4.90 Å². The van der Waals surface area contributed by atoms with Crippen molar-refractivity contribution in [3.05, 3.63) is 51.1 Å². The van der Waals surface area contributed by atoms with E-state index in [2.05, 4.69) is 20.7 Å². The number of sulfonamides is 1. The van der Waals surface area contributed by atoms with Gasteiger partial charge in [-0.3, -0.25) is 4.79 Å². The Labute approximate surface area is 160 Å². The zero-order valence-electron chi connectivity index (χ0n) is 13.5. The van der Waals surface area contributed by atoms with Gasteiger partial charge >= 0.3 is 0 Å². The molecule has 1 aromatic carbocycles. The quantitative estimate of drug-likeness (QED) is 0.681. The van der Waals surface area contributed by atoms with Gasteiger partial charge in [-0.15, -0.1) is 0 Å². The van der Waals surface area contributed by atoms with Crippen LogP contribution < -0.4 is 4.72 Å². The van der Waals surface area contributed by atoms with Crippen LogP contribution in [0.3, 0.4) is 0 Å². The molecule has 0 spiro atoms. The Bertz CT molecular complexity index is 833. The highest BCUT2D eigenvalue weighted by Gasteiger charge is 2.32. The van der Waals surface area contributed by atoms with E-state index in [0.29, 0.717) is 17.1 Å². The van der Waals surface area contributed by atoms with Gasteiger partial charge in [0.05, 0.1) is 4.90 Å². The lowest BCUT2D eigenvalue weighted by Gasteiger charge is -2.22. The van der Waals surface area contributed by atoms with Gasteiger partial charge in [0.25, 0.3) is 0 Å². The Morgan fingerprint density at radius 3 is 2.76 bits per heavy atom. The third kappa shape index (κ3) is 5.13. The van der Waals surface area contributed by atoms with Crippen LogP contribution in [0.25, 0.3) is 0 Å². The number of hydrogen-bond acceptors (Lipinski definition) is 4. The van der Waals surface area contributed by atoms with Crippen molar-refractivity contribution in [2.24, 2.45) is 0 Å². The maximum Gasteiger partial charge on any atom is 0.240 e. The molecule has 3 rings (SSSR count). The number of amides is 1. The van der Waals surface area contributed by atoms with Crippen molar-refractivity contribution in [1.29, 1.82) is 0 Å². The zero-order valence-corrected chi connectivity index (χ0v) is 16.7. The standard InChI is InChI=1S/C17H19BrN2O3S2/c18-14-2-1-3-16(10-14)25(22,23)19-8-6-17(21)20(15-4-5-15)11-13-7-9-24-12-13/h1-3,7,9-10,12,15,19H,4-6,8,11H2. The first-order chi connectivity index (χ1) is 12.0. The molecule has 1 N–H and O–H groups in total. The molecule has 5 nitrogen and oxygen atoms in total. The lowest BCUT2D eigenvalue weighted by Crippen LogP contribution is -2.35. The molecule has 0 bridgehead atoms.